The highest BCUT2D eigenvalue weighted by molar-refractivity contribution is 5.87. The number of carbonyl (C=O) groups excluding carboxylic acids is 1. The number of anilines is 1. The molecule has 1 aliphatic carbocycles. The number of amides is 1. The average molecular weight is 499 g/mol. The highest BCUT2D eigenvalue weighted by Crippen LogP contribution is 2.37. The first kappa shape index (κ1) is 27.2. The number of nitrogens with zero attached hydrogens (tertiary/aromatic N) is 5. The van der Waals surface area contributed by atoms with Crippen molar-refractivity contribution in [3.05, 3.63) is 18.6 Å². The third kappa shape index (κ3) is 7.30. The topological polar surface area (TPSA) is 101 Å². The summed E-state index contributed by atoms with van der Waals surface area (Å²) in [5.41, 5.74) is 6.13. The molecule has 1 saturated heterocycles. The summed E-state index contributed by atoms with van der Waals surface area (Å²) >= 11 is 0. The molecule has 4 rings (SSSR count). The number of nitrogens with two attached hydrogens (primary N) is 1. The van der Waals surface area contributed by atoms with E-state index in [-0.39, 0.29) is 18.4 Å². The number of β-amino-alcohol motifs (C(OH)–C–C–N with tert-alkyl or cyclic N) is 1. The van der Waals surface area contributed by atoms with Crippen molar-refractivity contribution in [3.63, 3.8) is 0 Å². The van der Waals surface area contributed by atoms with E-state index in [0.29, 0.717) is 25.9 Å². The van der Waals surface area contributed by atoms with Crippen LogP contribution in [0.15, 0.2) is 18.6 Å². The van der Waals surface area contributed by atoms with Crippen LogP contribution in [0.4, 0.5) is 19.0 Å². The number of hydrogen-bond acceptors (Lipinski definition) is 6. The van der Waals surface area contributed by atoms with Crippen LogP contribution in [0.1, 0.15) is 45.4 Å². The molecule has 1 amide bonds. The predicted octanol–water partition coefficient (Wildman–Crippen LogP) is 3.18. The molecule has 2 fully saturated rings. The number of primary amides is 1. The number of hydrogen-bond donors (Lipinski definition) is 2. The van der Waals surface area contributed by atoms with E-state index in [1.165, 1.54) is 0 Å². The second kappa shape index (κ2) is 12.0. The minimum atomic E-state index is -3.93. The maximum atomic E-state index is 11.9. The van der Waals surface area contributed by atoms with Crippen molar-refractivity contribution in [3.8, 4) is 0 Å². The molecule has 1 saturated carbocycles. The molecule has 0 radical (unpaired) electrons. The summed E-state index contributed by atoms with van der Waals surface area (Å²) in [5.74, 6) is -0.308. The molecule has 3 N–H and O–H groups in total. The molecule has 3 heterocycles. The highest BCUT2D eigenvalue weighted by Gasteiger charge is 2.39. The van der Waals surface area contributed by atoms with E-state index in [1.807, 2.05) is 24.2 Å². The Labute approximate surface area is 204 Å². The van der Waals surface area contributed by atoms with Crippen molar-refractivity contribution in [2.24, 2.45) is 17.6 Å². The summed E-state index contributed by atoms with van der Waals surface area (Å²) in [5, 5.41) is 11.5. The van der Waals surface area contributed by atoms with Gasteiger partial charge in [-0.25, -0.2) is 9.97 Å². The zero-order chi connectivity index (χ0) is 25.6. The Kier molecular flexibility index (Phi) is 9.34. The van der Waals surface area contributed by atoms with Gasteiger partial charge in [-0.05, 0) is 38.8 Å². The summed E-state index contributed by atoms with van der Waals surface area (Å²) in [6.07, 6.45) is 3.20. The fourth-order valence-corrected chi connectivity index (χ4v) is 4.90. The smallest absolute Gasteiger partial charge is 0.391 e. The molecule has 2 unspecified atom stereocenters. The Bertz CT molecular complexity index is 960. The van der Waals surface area contributed by atoms with Gasteiger partial charge in [-0.1, -0.05) is 19.3 Å². The Balaban J connectivity index is 0.000000287. The molecule has 2 aromatic rings. The SMILES string of the molecule is CCN(C)c1ncnc2c1ccn2CC1CCN(CC(N)=O)CC1O.FC(F)(F)C1CCCCC1. The fourth-order valence-electron chi connectivity index (χ4n) is 4.90. The summed E-state index contributed by atoms with van der Waals surface area (Å²) in [4.78, 5) is 23.9. The van der Waals surface area contributed by atoms with Gasteiger partial charge >= 0.3 is 6.18 Å². The lowest BCUT2D eigenvalue weighted by Gasteiger charge is -2.35. The first-order chi connectivity index (χ1) is 16.6. The molecule has 2 atom stereocenters. The van der Waals surface area contributed by atoms with E-state index in [9.17, 15) is 23.1 Å². The third-order valence-electron chi connectivity index (χ3n) is 7.06. The van der Waals surface area contributed by atoms with Crippen molar-refractivity contribution >= 4 is 22.8 Å². The number of alkyl halides is 3. The molecular weight excluding hydrogens is 461 g/mol. The number of halogens is 3. The van der Waals surface area contributed by atoms with Crippen LogP contribution < -0.4 is 10.6 Å². The van der Waals surface area contributed by atoms with E-state index in [0.717, 1.165) is 55.6 Å². The molecule has 2 aromatic heterocycles. The lowest BCUT2D eigenvalue weighted by molar-refractivity contribution is -0.181. The lowest BCUT2D eigenvalue weighted by atomic mass is 9.89. The number of aliphatic hydroxyl groups is 1. The normalized spacial score (nSPS) is 22.0. The minimum Gasteiger partial charge on any atom is -0.391 e. The van der Waals surface area contributed by atoms with Crippen LogP contribution in [-0.2, 0) is 11.3 Å². The van der Waals surface area contributed by atoms with Crippen molar-refractivity contribution < 1.29 is 23.1 Å². The van der Waals surface area contributed by atoms with Crippen LogP contribution in [0.25, 0.3) is 11.0 Å². The highest BCUT2D eigenvalue weighted by atomic mass is 19.4. The van der Waals surface area contributed by atoms with Gasteiger partial charge in [0, 0.05) is 38.8 Å². The van der Waals surface area contributed by atoms with Gasteiger partial charge in [-0.15, -0.1) is 0 Å². The van der Waals surface area contributed by atoms with Gasteiger partial charge in [0.05, 0.1) is 24.0 Å². The molecule has 196 valence electrons. The molecule has 35 heavy (non-hydrogen) atoms. The predicted molar refractivity (Wildman–Crippen MR) is 129 cm³/mol. The summed E-state index contributed by atoms with van der Waals surface area (Å²) < 4.78 is 37.9. The summed E-state index contributed by atoms with van der Waals surface area (Å²) in [6, 6.07) is 2.03. The van der Waals surface area contributed by atoms with Gasteiger partial charge in [-0.3, -0.25) is 9.69 Å². The number of fused-ring (bicyclic) bond motifs is 1. The third-order valence-corrected chi connectivity index (χ3v) is 7.06. The number of rotatable bonds is 6. The van der Waals surface area contributed by atoms with Crippen LogP contribution in [-0.4, -0.2) is 76.0 Å². The molecule has 1 aliphatic heterocycles. The standard InChI is InChI=1S/C17H26N6O2.C7H11F3/c1-3-21(2)16-13-5-7-23(17(13)20-11-19-16)8-12-4-6-22(9-14(12)24)10-15(18)25;8-7(9,10)6-4-2-1-3-5-6/h5,7,11-12,14,24H,3-4,6,8-10H2,1-2H3,(H2,18,25);6H,1-5H2. The van der Waals surface area contributed by atoms with Gasteiger partial charge in [0.1, 0.15) is 17.8 Å². The molecule has 0 bridgehead atoms. The van der Waals surface area contributed by atoms with Crippen molar-refractivity contribution in [2.45, 2.75) is 64.3 Å². The first-order valence-electron chi connectivity index (χ1n) is 12.4. The second-order valence-electron chi connectivity index (χ2n) is 9.61. The first-order valence-corrected chi connectivity index (χ1v) is 12.4. The molecule has 2 aliphatic rings. The average Bonchev–Trinajstić information content (AvgIpc) is 3.23. The van der Waals surface area contributed by atoms with Gasteiger partial charge < -0.3 is 20.3 Å². The van der Waals surface area contributed by atoms with Crippen molar-refractivity contribution in [2.75, 3.05) is 38.1 Å². The lowest BCUT2D eigenvalue weighted by Crippen LogP contribution is -2.47. The zero-order valence-corrected chi connectivity index (χ0v) is 20.5. The van der Waals surface area contributed by atoms with Gasteiger partial charge in [0.2, 0.25) is 5.91 Å². The van der Waals surface area contributed by atoms with Crippen LogP contribution in [0.3, 0.4) is 0 Å². The van der Waals surface area contributed by atoms with Gasteiger partial charge in [0.15, 0.2) is 0 Å². The monoisotopic (exact) mass is 498 g/mol. The quantitative estimate of drug-likeness (QED) is 0.635. The molecular formula is C24H37F3N6O2. The second-order valence-corrected chi connectivity index (χ2v) is 9.61. The van der Waals surface area contributed by atoms with E-state index in [4.69, 9.17) is 5.73 Å². The number of piperidine rings is 1. The Morgan fingerprint density at radius 1 is 1.23 bits per heavy atom. The fraction of sp³-hybridized carbons (Fsp3) is 0.708. The zero-order valence-electron chi connectivity index (χ0n) is 20.5. The summed E-state index contributed by atoms with van der Waals surface area (Å²) in [6.45, 7) is 5.10. The minimum absolute atomic E-state index is 0.127. The number of aliphatic hydroxyl groups excluding tert-OH is 1. The maximum absolute atomic E-state index is 11.9. The van der Waals surface area contributed by atoms with E-state index in [2.05, 4.69) is 26.4 Å². The Morgan fingerprint density at radius 2 is 1.94 bits per heavy atom. The van der Waals surface area contributed by atoms with Crippen LogP contribution >= 0.6 is 0 Å². The summed E-state index contributed by atoms with van der Waals surface area (Å²) in [7, 11) is 2.01. The van der Waals surface area contributed by atoms with Crippen LogP contribution in [0.5, 0.6) is 0 Å². The van der Waals surface area contributed by atoms with Gasteiger partial charge in [-0.2, -0.15) is 13.2 Å². The largest absolute Gasteiger partial charge is 0.391 e. The van der Waals surface area contributed by atoms with E-state index >= 15 is 0 Å². The molecule has 8 nitrogen and oxygen atoms in total. The van der Waals surface area contributed by atoms with Gasteiger partial charge in [0.25, 0.3) is 0 Å². The van der Waals surface area contributed by atoms with Crippen molar-refractivity contribution in [1.82, 2.24) is 19.4 Å². The van der Waals surface area contributed by atoms with E-state index < -0.39 is 18.2 Å². The Hall–Kier alpha value is -2.40. The van der Waals surface area contributed by atoms with Crippen molar-refractivity contribution in [1.29, 1.82) is 0 Å². The van der Waals surface area contributed by atoms with E-state index in [1.54, 1.807) is 6.33 Å². The number of carbonyl (C=O) groups is 1. The molecule has 11 heteroatoms. The van der Waals surface area contributed by atoms with Crippen LogP contribution in [0, 0.1) is 11.8 Å². The molecule has 0 spiro atoms. The maximum Gasteiger partial charge on any atom is 0.391 e. The Morgan fingerprint density at radius 3 is 2.51 bits per heavy atom. The number of likely N-dealkylation sites (tertiary alicyclic amines) is 1. The molecule has 0 aromatic carbocycles. The van der Waals surface area contributed by atoms with Crippen LogP contribution in [0.2, 0.25) is 0 Å². The number of aromatic nitrogens is 3.